The molecule has 2 heteroatoms. The van der Waals surface area contributed by atoms with Crippen molar-refractivity contribution in [1.82, 2.24) is 10.2 Å². The molecule has 0 atom stereocenters. The van der Waals surface area contributed by atoms with Crippen LogP contribution in [0.25, 0.3) is 0 Å². The molecule has 2 nitrogen and oxygen atoms in total. The Labute approximate surface area is 95.4 Å². The number of hydrogen-bond donors (Lipinski definition) is 1. The van der Waals surface area contributed by atoms with E-state index in [2.05, 4.69) is 31.0 Å². The van der Waals surface area contributed by atoms with Gasteiger partial charge in [-0.3, -0.25) is 0 Å². The molecule has 0 saturated carbocycles. The molecule has 1 fully saturated rings. The third-order valence-corrected chi connectivity index (χ3v) is 3.20. The number of nitrogens with one attached hydrogen (secondary N) is 1. The van der Waals surface area contributed by atoms with Gasteiger partial charge in [-0.15, -0.1) is 0 Å². The number of nitrogens with zero attached hydrogens (tertiary/aromatic N) is 1. The van der Waals surface area contributed by atoms with Crippen LogP contribution in [0.2, 0.25) is 0 Å². The maximum Gasteiger partial charge on any atom is 0.0252 e. The van der Waals surface area contributed by atoms with Crippen LogP contribution in [0.4, 0.5) is 0 Å². The first-order valence-corrected chi connectivity index (χ1v) is 6.61. The first-order chi connectivity index (χ1) is 7.14. The summed E-state index contributed by atoms with van der Waals surface area (Å²) in [6, 6.07) is 0. The Morgan fingerprint density at radius 2 is 2.00 bits per heavy atom. The van der Waals surface area contributed by atoms with E-state index >= 15 is 0 Å². The van der Waals surface area contributed by atoms with Crippen molar-refractivity contribution in [3.05, 3.63) is 0 Å². The monoisotopic (exact) mass is 212 g/mol. The molecule has 0 aromatic carbocycles. The van der Waals surface area contributed by atoms with Crippen LogP contribution in [-0.4, -0.2) is 36.6 Å². The van der Waals surface area contributed by atoms with Gasteiger partial charge in [-0.2, -0.15) is 0 Å². The molecule has 0 aliphatic carbocycles. The van der Waals surface area contributed by atoms with E-state index < -0.39 is 0 Å². The van der Waals surface area contributed by atoms with Crippen LogP contribution in [0.5, 0.6) is 0 Å². The molecule has 0 spiro atoms. The lowest BCUT2D eigenvalue weighted by molar-refractivity contribution is 0.178. The van der Waals surface area contributed by atoms with E-state index in [-0.39, 0.29) is 0 Å². The predicted octanol–water partition coefficient (Wildman–Crippen LogP) is 2.64. The van der Waals surface area contributed by atoms with Crippen LogP contribution >= 0.6 is 0 Å². The fourth-order valence-electron chi connectivity index (χ4n) is 2.36. The van der Waals surface area contributed by atoms with Crippen LogP contribution in [0.1, 0.15) is 52.9 Å². The van der Waals surface area contributed by atoms with Crippen LogP contribution in [0, 0.1) is 0 Å². The molecule has 1 aliphatic rings. The Bertz CT molecular complexity index is 166. The zero-order valence-electron chi connectivity index (χ0n) is 10.8. The Hall–Kier alpha value is -0.0800. The smallest absolute Gasteiger partial charge is 0.0252 e. The summed E-state index contributed by atoms with van der Waals surface area (Å²) in [5.74, 6) is 0. The Balaban J connectivity index is 2.32. The molecule has 0 aromatic rings. The van der Waals surface area contributed by atoms with E-state index in [1.165, 1.54) is 58.3 Å². The van der Waals surface area contributed by atoms with E-state index in [1.807, 2.05) is 0 Å². The second-order valence-electron chi connectivity index (χ2n) is 5.50. The summed E-state index contributed by atoms with van der Waals surface area (Å²) in [6.45, 7) is 11.9. The zero-order valence-corrected chi connectivity index (χ0v) is 10.8. The van der Waals surface area contributed by atoms with Gasteiger partial charge in [0.05, 0.1) is 0 Å². The van der Waals surface area contributed by atoms with E-state index in [1.54, 1.807) is 0 Å². The van der Waals surface area contributed by atoms with Gasteiger partial charge in [0, 0.05) is 12.1 Å². The average molecular weight is 212 g/mol. The highest BCUT2D eigenvalue weighted by Crippen LogP contribution is 2.11. The second-order valence-corrected chi connectivity index (χ2v) is 5.50. The maximum atomic E-state index is 3.64. The fraction of sp³-hybridized carbons (Fsp3) is 1.00. The van der Waals surface area contributed by atoms with Crippen molar-refractivity contribution >= 4 is 0 Å². The quantitative estimate of drug-likeness (QED) is 0.721. The van der Waals surface area contributed by atoms with Crippen LogP contribution in [0.3, 0.4) is 0 Å². The fourth-order valence-corrected chi connectivity index (χ4v) is 2.36. The molecule has 1 rings (SSSR count). The lowest BCUT2D eigenvalue weighted by Gasteiger charge is -2.36. The van der Waals surface area contributed by atoms with E-state index in [4.69, 9.17) is 0 Å². The molecule has 1 aliphatic heterocycles. The predicted molar refractivity (Wildman–Crippen MR) is 67.3 cm³/mol. The molecule has 0 bridgehead atoms. The van der Waals surface area contributed by atoms with Crippen LogP contribution in [0.15, 0.2) is 0 Å². The Morgan fingerprint density at radius 3 is 2.73 bits per heavy atom. The SMILES string of the molecule is CCCCCN1CCCCNC(C)(C)C1. The van der Waals surface area contributed by atoms with Gasteiger partial charge in [0.2, 0.25) is 0 Å². The first kappa shape index (κ1) is 13.0. The van der Waals surface area contributed by atoms with Gasteiger partial charge in [-0.05, 0) is 52.7 Å². The van der Waals surface area contributed by atoms with Crippen LogP contribution in [-0.2, 0) is 0 Å². The summed E-state index contributed by atoms with van der Waals surface area (Å²) in [6.07, 6.45) is 6.76. The van der Waals surface area contributed by atoms with Gasteiger partial charge in [0.1, 0.15) is 0 Å². The highest BCUT2D eigenvalue weighted by atomic mass is 15.2. The topological polar surface area (TPSA) is 15.3 Å². The van der Waals surface area contributed by atoms with E-state index in [9.17, 15) is 0 Å². The van der Waals surface area contributed by atoms with Crippen molar-refractivity contribution in [3.8, 4) is 0 Å². The van der Waals surface area contributed by atoms with Crippen LogP contribution < -0.4 is 5.32 Å². The zero-order chi connectivity index (χ0) is 11.1. The number of hydrogen-bond acceptors (Lipinski definition) is 2. The normalized spacial score (nSPS) is 23.4. The third kappa shape index (κ3) is 5.53. The standard InChI is InChI=1S/C13H28N2/c1-4-5-7-10-15-11-8-6-9-14-13(2,3)12-15/h14H,4-12H2,1-3H3. The third-order valence-electron chi connectivity index (χ3n) is 3.20. The van der Waals surface area contributed by atoms with Gasteiger partial charge >= 0.3 is 0 Å². The summed E-state index contributed by atoms with van der Waals surface area (Å²) in [5.41, 5.74) is 0.298. The highest BCUT2D eigenvalue weighted by molar-refractivity contribution is 4.83. The number of unbranched alkanes of at least 4 members (excludes halogenated alkanes) is 2. The lowest BCUT2D eigenvalue weighted by atomic mass is 10.0. The molecule has 0 radical (unpaired) electrons. The van der Waals surface area contributed by atoms with Crippen molar-refractivity contribution in [2.24, 2.45) is 0 Å². The largest absolute Gasteiger partial charge is 0.311 e. The summed E-state index contributed by atoms with van der Waals surface area (Å²) in [5, 5.41) is 3.64. The molecule has 1 N–H and O–H groups in total. The maximum absolute atomic E-state index is 3.64. The van der Waals surface area contributed by atoms with Crippen molar-refractivity contribution in [2.75, 3.05) is 26.2 Å². The molecule has 0 unspecified atom stereocenters. The summed E-state index contributed by atoms with van der Waals surface area (Å²) >= 11 is 0. The van der Waals surface area contributed by atoms with Gasteiger partial charge in [-0.25, -0.2) is 0 Å². The lowest BCUT2D eigenvalue weighted by Crippen LogP contribution is -2.51. The van der Waals surface area contributed by atoms with Gasteiger partial charge < -0.3 is 10.2 Å². The summed E-state index contributed by atoms with van der Waals surface area (Å²) < 4.78 is 0. The van der Waals surface area contributed by atoms with Gasteiger partial charge in [0.25, 0.3) is 0 Å². The minimum Gasteiger partial charge on any atom is -0.311 e. The highest BCUT2D eigenvalue weighted by Gasteiger charge is 2.22. The van der Waals surface area contributed by atoms with Gasteiger partial charge in [-0.1, -0.05) is 19.8 Å². The molecule has 0 amide bonds. The molecular formula is C13H28N2. The molecule has 90 valence electrons. The van der Waals surface area contributed by atoms with Gasteiger partial charge in [0.15, 0.2) is 0 Å². The molecular weight excluding hydrogens is 184 g/mol. The summed E-state index contributed by atoms with van der Waals surface area (Å²) in [7, 11) is 0. The van der Waals surface area contributed by atoms with Crippen molar-refractivity contribution in [2.45, 2.75) is 58.4 Å². The second kappa shape index (κ2) is 6.49. The average Bonchev–Trinajstić information content (AvgIpc) is 2.14. The first-order valence-electron chi connectivity index (χ1n) is 6.61. The minimum atomic E-state index is 0.298. The molecule has 1 heterocycles. The van der Waals surface area contributed by atoms with Crippen molar-refractivity contribution in [1.29, 1.82) is 0 Å². The molecule has 1 saturated heterocycles. The van der Waals surface area contributed by atoms with Crippen molar-refractivity contribution in [3.63, 3.8) is 0 Å². The van der Waals surface area contributed by atoms with E-state index in [0.29, 0.717) is 5.54 Å². The Kier molecular flexibility index (Phi) is 5.62. The molecule has 0 aromatic heterocycles. The Morgan fingerprint density at radius 1 is 1.20 bits per heavy atom. The summed E-state index contributed by atoms with van der Waals surface area (Å²) in [4.78, 5) is 2.64. The molecule has 15 heavy (non-hydrogen) atoms. The van der Waals surface area contributed by atoms with E-state index in [0.717, 1.165) is 0 Å². The minimum absolute atomic E-state index is 0.298. The van der Waals surface area contributed by atoms with Crippen molar-refractivity contribution < 1.29 is 0 Å². The number of rotatable bonds is 4.